The monoisotopic (exact) mass is 309 g/mol. The number of hydrazone groups is 1. The van der Waals surface area contributed by atoms with Crippen LogP contribution in [-0.4, -0.2) is 22.6 Å². The Morgan fingerprint density at radius 1 is 1.61 bits per heavy atom. The third-order valence-corrected chi connectivity index (χ3v) is 2.54. The van der Waals surface area contributed by atoms with Gasteiger partial charge in [-0.3, -0.25) is 10.8 Å². The Hall–Kier alpha value is -2.40. The molecule has 1 aromatic rings. The molecule has 5 N–H and O–H groups in total. The second-order valence-electron chi connectivity index (χ2n) is 3.07. The van der Waals surface area contributed by atoms with E-state index in [1.807, 2.05) is 0 Å². The largest absolute Gasteiger partial charge is 0.478 e. The zero-order valence-electron chi connectivity index (χ0n) is 8.94. The number of rotatable bonds is 4. The molecule has 18 heavy (non-hydrogen) atoms. The lowest BCUT2D eigenvalue weighted by atomic mass is 10.2. The van der Waals surface area contributed by atoms with Gasteiger partial charge in [0.05, 0.1) is 11.3 Å². The van der Waals surface area contributed by atoms with Crippen LogP contribution in [0.15, 0.2) is 27.8 Å². The molecule has 7 nitrogen and oxygen atoms in total. The Labute approximate surface area is 111 Å². The number of carboxylic acid groups (broad SMARTS) is 1. The van der Waals surface area contributed by atoms with Crippen molar-refractivity contribution in [3.63, 3.8) is 0 Å². The summed E-state index contributed by atoms with van der Waals surface area (Å²) < 4.78 is 0.372. The lowest BCUT2D eigenvalue weighted by molar-refractivity contribution is 0.0697. The highest BCUT2D eigenvalue weighted by Gasteiger charge is 2.13. The average Bonchev–Trinajstić information content (AvgIpc) is 2.28. The summed E-state index contributed by atoms with van der Waals surface area (Å²) in [5.74, 6) is -1.65. The first-order chi connectivity index (χ1) is 8.47. The van der Waals surface area contributed by atoms with Crippen molar-refractivity contribution in [2.24, 2.45) is 10.8 Å². The van der Waals surface area contributed by atoms with Crippen molar-refractivity contribution in [1.29, 1.82) is 10.7 Å². The van der Waals surface area contributed by atoms with Crippen LogP contribution in [0.4, 0.5) is 5.69 Å². The van der Waals surface area contributed by atoms with E-state index in [2.05, 4.69) is 26.5 Å². The molecule has 0 amide bonds. The quantitative estimate of drug-likeness (QED) is 0.378. The number of nitrogens with one attached hydrogen (secondary N) is 2. The van der Waals surface area contributed by atoms with Crippen LogP contribution in [0, 0.1) is 16.7 Å². The molecule has 0 atom stereocenters. The lowest BCUT2D eigenvalue weighted by Gasteiger charge is -2.07. The Morgan fingerprint density at radius 3 is 2.78 bits per heavy atom. The first-order valence-corrected chi connectivity index (χ1v) is 5.36. The van der Waals surface area contributed by atoms with Gasteiger partial charge in [0.2, 0.25) is 5.71 Å². The SMILES string of the molecule is N#C/C(=N\Nc1cccc(Br)c1C(=O)O)C(=N)N. The molecular weight excluding hydrogens is 302 g/mol. The van der Waals surface area contributed by atoms with Crippen molar-refractivity contribution in [1.82, 2.24) is 0 Å². The second-order valence-corrected chi connectivity index (χ2v) is 3.92. The number of carboxylic acids is 1. The third kappa shape index (κ3) is 3.05. The van der Waals surface area contributed by atoms with Crippen LogP contribution in [0.2, 0.25) is 0 Å². The predicted octanol–water partition coefficient (Wildman–Crippen LogP) is 1.37. The number of nitrogens with two attached hydrogens (primary N) is 1. The minimum absolute atomic E-state index is 0.0258. The normalized spacial score (nSPS) is 10.6. The Balaban J connectivity index is 3.14. The summed E-state index contributed by atoms with van der Waals surface area (Å²) in [6.07, 6.45) is 0. The molecule has 0 unspecified atom stereocenters. The molecule has 0 heterocycles. The highest BCUT2D eigenvalue weighted by molar-refractivity contribution is 9.10. The second kappa shape index (κ2) is 5.79. The summed E-state index contributed by atoms with van der Waals surface area (Å²) in [5.41, 5.74) is 7.34. The molecule has 0 aliphatic heterocycles. The van der Waals surface area contributed by atoms with Gasteiger partial charge in [-0.1, -0.05) is 6.07 Å². The van der Waals surface area contributed by atoms with Gasteiger partial charge in [-0.05, 0) is 28.1 Å². The van der Waals surface area contributed by atoms with Crippen LogP contribution >= 0.6 is 15.9 Å². The molecule has 8 heteroatoms. The fourth-order valence-electron chi connectivity index (χ4n) is 1.10. The number of carbonyl (C=O) groups is 1. The molecule has 0 fully saturated rings. The van der Waals surface area contributed by atoms with E-state index in [0.29, 0.717) is 4.47 Å². The van der Waals surface area contributed by atoms with Crippen molar-refractivity contribution < 1.29 is 9.90 Å². The maximum atomic E-state index is 11.0. The first-order valence-electron chi connectivity index (χ1n) is 4.57. The van der Waals surface area contributed by atoms with E-state index in [0.717, 1.165) is 0 Å². The van der Waals surface area contributed by atoms with Gasteiger partial charge >= 0.3 is 5.97 Å². The van der Waals surface area contributed by atoms with Crippen LogP contribution < -0.4 is 11.2 Å². The number of hydrogen-bond donors (Lipinski definition) is 4. The number of nitrogens with zero attached hydrogens (tertiary/aromatic N) is 2. The van der Waals surface area contributed by atoms with E-state index in [1.165, 1.54) is 6.07 Å². The highest BCUT2D eigenvalue weighted by atomic mass is 79.9. The van der Waals surface area contributed by atoms with Crippen LogP contribution in [0.5, 0.6) is 0 Å². The lowest BCUT2D eigenvalue weighted by Crippen LogP contribution is -2.22. The third-order valence-electron chi connectivity index (χ3n) is 1.88. The van der Waals surface area contributed by atoms with Gasteiger partial charge in [-0.25, -0.2) is 4.79 Å². The number of hydrogen-bond acceptors (Lipinski definition) is 5. The van der Waals surface area contributed by atoms with Gasteiger partial charge in [-0.2, -0.15) is 10.4 Å². The molecule has 1 rings (SSSR count). The summed E-state index contributed by atoms with van der Waals surface area (Å²) >= 11 is 3.10. The molecule has 0 aliphatic carbocycles. The van der Waals surface area contributed by atoms with Crippen LogP contribution in [0.1, 0.15) is 10.4 Å². The smallest absolute Gasteiger partial charge is 0.339 e. The average molecular weight is 310 g/mol. The summed E-state index contributed by atoms with van der Waals surface area (Å²) in [5, 5.41) is 28.3. The molecular formula is C10H8BrN5O2. The summed E-state index contributed by atoms with van der Waals surface area (Å²) in [6.45, 7) is 0. The molecule has 0 saturated heterocycles. The molecule has 0 aromatic heterocycles. The Bertz CT molecular complexity index is 576. The van der Waals surface area contributed by atoms with E-state index in [9.17, 15) is 4.79 Å². The molecule has 0 aliphatic rings. The fraction of sp³-hybridized carbons (Fsp3) is 0. The summed E-state index contributed by atoms with van der Waals surface area (Å²) in [7, 11) is 0. The number of benzene rings is 1. The van der Waals surface area contributed by atoms with E-state index < -0.39 is 11.8 Å². The maximum absolute atomic E-state index is 11.0. The molecule has 92 valence electrons. The van der Waals surface area contributed by atoms with Gasteiger partial charge in [-0.15, -0.1) is 0 Å². The van der Waals surface area contributed by atoms with E-state index in [4.69, 9.17) is 21.5 Å². The number of halogens is 1. The predicted molar refractivity (Wildman–Crippen MR) is 69.7 cm³/mol. The standard InChI is InChI=1S/C10H8BrN5O2/c11-5-2-1-3-6(8(5)10(17)18)15-16-7(4-12)9(13)14/h1-3,15H,(H3,13,14)(H,17,18)/b16-7+. The zero-order chi connectivity index (χ0) is 13.7. The Morgan fingerprint density at radius 2 is 2.28 bits per heavy atom. The molecule has 0 saturated carbocycles. The summed E-state index contributed by atoms with van der Waals surface area (Å²) in [4.78, 5) is 11.0. The van der Waals surface area contributed by atoms with Gasteiger partial charge in [0, 0.05) is 4.47 Å². The summed E-state index contributed by atoms with van der Waals surface area (Å²) in [6, 6.07) is 6.26. The first kappa shape index (κ1) is 13.7. The van der Waals surface area contributed by atoms with Gasteiger partial charge < -0.3 is 10.8 Å². The van der Waals surface area contributed by atoms with Crippen molar-refractivity contribution in [2.45, 2.75) is 0 Å². The van der Waals surface area contributed by atoms with Gasteiger partial charge in [0.1, 0.15) is 6.07 Å². The van der Waals surface area contributed by atoms with E-state index in [1.54, 1.807) is 18.2 Å². The van der Waals surface area contributed by atoms with Crippen molar-refractivity contribution in [2.75, 3.05) is 5.43 Å². The van der Waals surface area contributed by atoms with Crippen LogP contribution in [0.3, 0.4) is 0 Å². The Kier molecular flexibility index (Phi) is 4.39. The topological polar surface area (TPSA) is 135 Å². The molecule has 1 aromatic carbocycles. The molecule has 0 radical (unpaired) electrons. The number of amidine groups is 1. The van der Waals surface area contributed by atoms with Crippen LogP contribution in [0.25, 0.3) is 0 Å². The van der Waals surface area contributed by atoms with Crippen LogP contribution in [-0.2, 0) is 0 Å². The van der Waals surface area contributed by atoms with Crippen molar-refractivity contribution in [3.05, 3.63) is 28.2 Å². The number of anilines is 1. The van der Waals surface area contributed by atoms with E-state index in [-0.39, 0.29) is 17.0 Å². The minimum Gasteiger partial charge on any atom is -0.478 e. The van der Waals surface area contributed by atoms with Gasteiger partial charge in [0.25, 0.3) is 0 Å². The minimum atomic E-state index is -1.15. The molecule has 0 spiro atoms. The van der Waals surface area contributed by atoms with Crippen molar-refractivity contribution in [3.8, 4) is 6.07 Å². The maximum Gasteiger partial charge on any atom is 0.339 e. The van der Waals surface area contributed by atoms with Crippen molar-refractivity contribution >= 4 is 39.1 Å². The van der Waals surface area contributed by atoms with E-state index >= 15 is 0 Å². The zero-order valence-corrected chi connectivity index (χ0v) is 10.5. The number of nitriles is 1. The number of aromatic carboxylic acids is 1. The fourth-order valence-corrected chi connectivity index (χ4v) is 1.63. The molecule has 0 bridgehead atoms. The van der Waals surface area contributed by atoms with Gasteiger partial charge in [0.15, 0.2) is 5.84 Å². The highest BCUT2D eigenvalue weighted by Crippen LogP contribution is 2.24.